The normalized spacial score (nSPS) is 27.8. The number of benzene rings is 1. The van der Waals surface area contributed by atoms with Gasteiger partial charge in [0.2, 0.25) is 0 Å². The van der Waals surface area contributed by atoms with Crippen molar-refractivity contribution in [1.82, 2.24) is 0 Å². The van der Waals surface area contributed by atoms with Crippen LogP contribution < -0.4 is 5.32 Å². The second-order valence-electron chi connectivity index (χ2n) is 5.79. The Morgan fingerprint density at radius 3 is 2.46 bits per heavy atom. The molecule has 0 radical (unpaired) electrons. The molecule has 3 aliphatic rings. The lowest BCUT2D eigenvalue weighted by atomic mass is 9.75. The average molecular weight is 370 g/mol. The van der Waals surface area contributed by atoms with Crippen LogP contribution in [0, 0.1) is 5.92 Å². The van der Waals surface area contributed by atoms with Crippen molar-refractivity contribution in [2.24, 2.45) is 5.92 Å². The fourth-order valence-corrected chi connectivity index (χ4v) is 3.69. The molecule has 1 fully saturated rings. The highest BCUT2D eigenvalue weighted by molar-refractivity contribution is 6.35. The average Bonchev–Trinajstić information content (AvgIpc) is 2.54. The van der Waals surface area contributed by atoms with E-state index in [4.69, 9.17) is 32.7 Å². The summed E-state index contributed by atoms with van der Waals surface area (Å²) in [4.78, 5) is 25.5. The molecule has 0 saturated carbocycles. The Morgan fingerprint density at radius 1 is 1.25 bits per heavy atom. The first-order chi connectivity index (χ1) is 11.5. The van der Waals surface area contributed by atoms with E-state index in [0.29, 0.717) is 22.2 Å². The zero-order chi connectivity index (χ0) is 17.3. The van der Waals surface area contributed by atoms with Gasteiger partial charge < -0.3 is 14.8 Å². The minimum atomic E-state index is -1.68. The number of fused-ring (bicyclic) bond motifs is 2. The predicted molar refractivity (Wildman–Crippen MR) is 91.2 cm³/mol. The van der Waals surface area contributed by atoms with E-state index in [1.54, 1.807) is 25.1 Å². The molecule has 1 amide bonds. The molecule has 3 unspecified atom stereocenters. The van der Waals surface area contributed by atoms with Crippen molar-refractivity contribution in [3.63, 3.8) is 0 Å². The topological polar surface area (TPSA) is 64.6 Å². The molecule has 3 atom stereocenters. The number of carbonyl (C=O) groups excluding carboxylic acids is 2. The third kappa shape index (κ3) is 3.04. The minimum Gasteiger partial charge on any atom is -0.463 e. The fraction of sp³-hybridized carbons (Fsp3) is 0.412. The standard InChI is InChI=1S/C17H17Cl2NO4/c1-2-23-16(22)17(10-3-5-14(24-17)6-4-10)15(21)20-13-8-11(18)7-12(19)9-13/h3,5,7-10,14H,2,4,6H2,1H3,(H,20,21). The van der Waals surface area contributed by atoms with Crippen LogP contribution in [-0.4, -0.2) is 30.2 Å². The van der Waals surface area contributed by atoms with Crippen molar-refractivity contribution in [3.05, 3.63) is 40.4 Å². The van der Waals surface area contributed by atoms with Gasteiger partial charge in [-0.3, -0.25) is 4.79 Å². The molecule has 0 spiro atoms. The highest BCUT2D eigenvalue weighted by Gasteiger charge is 2.58. The summed E-state index contributed by atoms with van der Waals surface area (Å²) in [5.74, 6) is -1.61. The van der Waals surface area contributed by atoms with Crippen LogP contribution in [-0.2, 0) is 19.1 Å². The van der Waals surface area contributed by atoms with Crippen molar-refractivity contribution >= 4 is 40.8 Å². The maximum atomic E-state index is 13.0. The van der Waals surface area contributed by atoms with E-state index in [2.05, 4.69) is 5.32 Å². The van der Waals surface area contributed by atoms with Crippen LogP contribution in [0.1, 0.15) is 19.8 Å². The molecule has 2 heterocycles. The Hall–Kier alpha value is -1.56. The van der Waals surface area contributed by atoms with Crippen LogP contribution in [0.3, 0.4) is 0 Å². The summed E-state index contributed by atoms with van der Waals surface area (Å²) >= 11 is 11.9. The van der Waals surface area contributed by atoms with E-state index >= 15 is 0 Å². The van der Waals surface area contributed by atoms with Crippen LogP contribution in [0.4, 0.5) is 5.69 Å². The van der Waals surface area contributed by atoms with Crippen molar-refractivity contribution in [3.8, 4) is 0 Å². The highest BCUT2D eigenvalue weighted by atomic mass is 35.5. The molecule has 4 rings (SSSR count). The quantitative estimate of drug-likeness (QED) is 0.500. The maximum absolute atomic E-state index is 13.0. The number of nitrogens with one attached hydrogen (secondary N) is 1. The third-order valence-electron chi connectivity index (χ3n) is 4.22. The van der Waals surface area contributed by atoms with Gasteiger partial charge in [0, 0.05) is 21.7 Å². The number of ether oxygens (including phenoxy) is 2. The molecule has 1 aromatic carbocycles. The number of halogens is 2. The number of esters is 1. The van der Waals surface area contributed by atoms with E-state index in [-0.39, 0.29) is 18.6 Å². The van der Waals surface area contributed by atoms with Crippen LogP contribution in [0.5, 0.6) is 0 Å². The predicted octanol–water partition coefficient (Wildman–Crippen LogP) is 3.60. The Balaban J connectivity index is 1.92. The summed E-state index contributed by atoms with van der Waals surface area (Å²) in [5, 5.41) is 3.46. The van der Waals surface area contributed by atoms with Gasteiger partial charge in [-0.2, -0.15) is 0 Å². The molecule has 128 valence electrons. The number of hydrogen-bond donors (Lipinski definition) is 1. The van der Waals surface area contributed by atoms with Gasteiger partial charge in [-0.1, -0.05) is 35.4 Å². The smallest absolute Gasteiger partial charge is 0.349 e. The summed E-state index contributed by atoms with van der Waals surface area (Å²) < 4.78 is 11.0. The van der Waals surface area contributed by atoms with E-state index in [1.807, 2.05) is 12.2 Å². The van der Waals surface area contributed by atoms with E-state index in [9.17, 15) is 9.59 Å². The molecule has 5 nitrogen and oxygen atoms in total. The SMILES string of the molecule is CCOC(=O)C1(C(=O)Nc2cc(Cl)cc(Cl)c2)OC2C=CC1CC2. The van der Waals surface area contributed by atoms with Crippen LogP contribution in [0.2, 0.25) is 10.0 Å². The fourth-order valence-electron chi connectivity index (χ4n) is 3.16. The summed E-state index contributed by atoms with van der Waals surface area (Å²) in [6, 6.07) is 4.67. The highest BCUT2D eigenvalue weighted by Crippen LogP contribution is 2.42. The third-order valence-corrected chi connectivity index (χ3v) is 4.65. The Bertz CT molecular complexity index is 686. The summed E-state index contributed by atoms with van der Waals surface area (Å²) in [5.41, 5.74) is -1.28. The van der Waals surface area contributed by atoms with Gasteiger partial charge in [-0.25, -0.2) is 4.79 Å². The van der Waals surface area contributed by atoms with Crippen molar-refractivity contribution in [1.29, 1.82) is 0 Å². The molecule has 24 heavy (non-hydrogen) atoms. The van der Waals surface area contributed by atoms with Crippen LogP contribution in [0.25, 0.3) is 0 Å². The van der Waals surface area contributed by atoms with Crippen molar-refractivity contribution in [2.45, 2.75) is 31.5 Å². The van der Waals surface area contributed by atoms with Gasteiger partial charge in [-0.15, -0.1) is 0 Å². The minimum absolute atomic E-state index is 0.168. The number of amides is 1. The Kier molecular flexibility index (Phi) is 4.85. The number of anilines is 1. The lowest BCUT2D eigenvalue weighted by molar-refractivity contribution is -0.197. The zero-order valence-electron chi connectivity index (χ0n) is 13.1. The molecule has 2 bridgehead atoms. The van der Waals surface area contributed by atoms with E-state index in [1.165, 1.54) is 0 Å². The molecule has 0 aromatic heterocycles. The van der Waals surface area contributed by atoms with Gasteiger partial charge in [0.05, 0.1) is 12.7 Å². The molecule has 7 heteroatoms. The molecular formula is C17H17Cl2NO4. The molecule has 1 aromatic rings. The number of carbonyl (C=O) groups is 2. The molecule has 1 saturated heterocycles. The van der Waals surface area contributed by atoms with Gasteiger partial charge in [0.15, 0.2) is 0 Å². The van der Waals surface area contributed by atoms with E-state index in [0.717, 1.165) is 6.42 Å². The van der Waals surface area contributed by atoms with Crippen molar-refractivity contribution in [2.75, 3.05) is 11.9 Å². The monoisotopic (exact) mass is 369 g/mol. The zero-order valence-corrected chi connectivity index (χ0v) is 14.6. The Morgan fingerprint density at radius 2 is 1.96 bits per heavy atom. The van der Waals surface area contributed by atoms with Crippen molar-refractivity contribution < 1.29 is 19.1 Å². The molecule has 1 N–H and O–H groups in total. The van der Waals surface area contributed by atoms with Gasteiger partial charge in [-0.05, 0) is 38.0 Å². The summed E-state index contributed by atoms with van der Waals surface area (Å²) in [7, 11) is 0. The van der Waals surface area contributed by atoms with Gasteiger partial charge in [0.1, 0.15) is 0 Å². The number of rotatable bonds is 4. The van der Waals surface area contributed by atoms with Gasteiger partial charge >= 0.3 is 5.97 Å². The molecular weight excluding hydrogens is 353 g/mol. The summed E-state index contributed by atoms with van der Waals surface area (Å²) in [6.07, 6.45) is 4.93. The lowest BCUT2D eigenvalue weighted by Crippen LogP contribution is -2.62. The van der Waals surface area contributed by atoms with Crippen LogP contribution >= 0.6 is 23.2 Å². The maximum Gasteiger partial charge on any atom is 0.349 e. The second-order valence-corrected chi connectivity index (χ2v) is 6.67. The number of hydrogen-bond acceptors (Lipinski definition) is 4. The lowest BCUT2D eigenvalue weighted by Gasteiger charge is -2.44. The van der Waals surface area contributed by atoms with Crippen LogP contribution in [0.15, 0.2) is 30.4 Å². The first-order valence-electron chi connectivity index (χ1n) is 7.76. The first-order valence-corrected chi connectivity index (χ1v) is 8.52. The molecule has 2 aliphatic heterocycles. The second kappa shape index (κ2) is 6.75. The largest absolute Gasteiger partial charge is 0.463 e. The summed E-state index contributed by atoms with van der Waals surface area (Å²) in [6.45, 7) is 1.86. The van der Waals surface area contributed by atoms with Gasteiger partial charge in [0.25, 0.3) is 11.5 Å². The van der Waals surface area contributed by atoms with E-state index < -0.39 is 17.5 Å². The first kappa shape index (κ1) is 17.3. The molecule has 1 aliphatic carbocycles. The Labute approximate surface area is 149 Å².